The Kier molecular flexibility index (Phi) is 7.98. The van der Waals surface area contributed by atoms with Gasteiger partial charge in [0.2, 0.25) is 0 Å². The van der Waals surface area contributed by atoms with E-state index >= 15 is 0 Å². The van der Waals surface area contributed by atoms with Crippen LogP contribution in [0.15, 0.2) is 66.7 Å². The lowest BCUT2D eigenvalue weighted by Gasteiger charge is -2.38. The lowest BCUT2D eigenvalue weighted by atomic mass is 9.87. The number of likely N-dealkylation sites (tertiary alicyclic amines) is 1. The van der Waals surface area contributed by atoms with E-state index in [1.54, 1.807) is 13.2 Å². The third-order valence-corrected chi connectivity index (χ3v) is 7.83. The first-order valence-electron chi connectivity index (χ1n) is 13.2. The maximum atomic E-state index is 14.4. The van der Waals surface area contributed by atoms with Gasteiger partial charge in [0.05, 0.1) is 12.7 Å². The van der Waals surface area contributed by atoms with E-state index in [4.69, 9.17) is 4.74 Å². The summed E-state index contributed by atoms with van der Waals surface area (Å²) in [4.78, 5) is 19.1. The zero-order valence-electron chi connectivity index (χ0n) is 22.0. The molecule has 10 heteroatoms. The normalized spacial score (nSPS) is 20.1. The highest BCUT2D eigenvalue weighted by molar-refractivity contribution is 5.95. The van der Waals surface area contributed by atoms with Crippen molar-refractivity contribution in [2.45, 2.75) is 12.1 Å². The van der Waals surface area contributed by atoms with Crippen LogP contribution in [0, 0.1) is 17.6 Å². The molecule has 2 atom stereocenters. The van der Waals surface area contributed by atoms with Crippen LogP contribution in [0.4, 0.5) is 27.6 Å². The van der Waals surface area contributed by atoms with Crippen LogP contribution in [-0.2, 0) is 6.18 Å². The average molecular weight is 560 g/mol. The van der Waals surface area contributed by atoms with Crippen LogP contribution in [0.5, 0.6) is 5.75 Å². The van der Waals surface area contributed by atoms with Gasteiger partial charge in [-0.2, -0.15) is 13.2 Å². The van der Waals surface area contributed by atoms with Gasteiger partial charge >= 0.3 is 6.18 Å². The smallest absolute Gasteiger partial charge is 0.416 e. The highest BCUT2D eigenvalue weighted by atomic mass is 19.4. The van der Waals surface area contributed by atoms with Crippen LogP contribution in [-0.4, -0.2) is 68.6 Å². The zero-order chi connectivity index (χ0) is 28.4. The Balaban J connectivity index is 1.35. The minimum atomic E-state index is -4.51. The van der Waals surface area contributed by atoms with E-state index in [9.17, 15) is 26.7 Å². The van der Waals surface area contributed by atoms with Gasteiger partial charge < -0.3 is 14.5 Å². The van der Waals surface area contributed by atoms with Crippen LogP contribution < -0.4 is 9.64 Å². The summed E-state index contributed by atoms with van der Waals surface area (Å²) >= 11 is 0. The summed E-state index contributed by atoms with van der Waals surface area (Å²) < 4.78 is 74.7. The molecule has 40 heavy (non-hydrogen) atoms. The van der Waals surface area contributed by atoms with Gasteiger partial charge in [0, 0.05) is 63.5 Å². The van der Waals surface area contributed by atoms with Crippen molar-refractivity contribution in [2.24, 2.45) is 5.92 Å². The molecule has 2 aliphatic rings. The second kappa shape index (κ2) is 11.4. The maximum Gasteiger partial charge on any atom is 0.416 e. The number of carbonyl (C=O) groups is 1. The Morgan fingerprint density at radius 1 is 0.900 bits per heavy atom. The Labute approximate surface area is 229 Å². The Hall–Kier alpha value is -3.66. The number of carbonyl (C=O) groups excluding carboxylic acids is 1. The third kappa shape index (κ3) is 5.91. The number of amides is 1. The predicted octanol–water partition coefficient (Wildman–Crippen LogP) is 5.67. The fourth-order valence-electron chi connectivity index (χ4n) is 5.73. The summed E-state index contributed by atoms with van der Waals surface area (Å²) in [5, 5.41) is 0. The zero-order valence-corrected chi connectivity index (χ0v) is 22.0. The van der Waals surface area contributed by atoms with Crippen molar-refractivity contribution in [1.29, 1.82) is 0 Å². The van der Waals surface area contributed by atoms with Crippen molar-refractivity contribution in [3.63, 3.8) is 0 Å². The van der Waals surface area contributed by atoms with E-state index in [1.165, 1.54) is 17.0 Å². The molecule has 3 aromatic rings. The number of hydrogen-bond acceptors (Lipinski definition) is 4. The summed E-state index contributed by atoms with van der Waals surface area (Å²) in [5.41, 5.74) is 0.1000. The van der Waals surface area contributed by atoms with Gasteiger partial charge in [0.25, 0.3) is 5.91 Å². The van der Waals surface area contributed by atoms with Crippen LogP contribution in [0.3, 0.4) is 0 Å². The van der Waals surface area contributed by atoms with Gasteiger partial charge in [-0.05, 0) is 41.8 Å². The van der Waals surface area contributed by atoms with Gasteiger partial charge in [0.1, 0.15) is 22.9 Å². The number of benzene rings is 3. The molecule has 5 rings (SSSR count). The van der Waals surface area contributed by atoms with E-state index < -0.39 is 40.8 Å². The van der Waals surface area contributed by atoms with Gasteiger partial charge in [-0.3, -0.25) is 9.69 Å². The average Bonchev–Trinajstić information content (AvgIpc) is 3.37. The van der Waals surface area contributed by atoms with Crippen LogP contribution in [0.2, 0.25) is 0 Å². The molecule has 3 aromatic carbocycles. The van der Waals surface area contributed by atoms with Crippen LogP contribution in [0.25, 0.3) is 0 Å². The Morgan fingerprint density at radius 3 is 2.25 bits per heavy atom. The van der Waals surface area contributed by atoms with Crippen molar-refractivity contribution in [3.05, 3.63) is 95.1 Å². The first-order chi connectivity index (χ1) is 19.1. The first-order valence-corrected chi connectivity index (χ1v) is 13.2. The summed E-state index contributed by atoms with van der Waals surface area (Å²) in [6.07, 6.45) is -4.51. The molecule has 2 aliphatic heterocycles. The topological polar surface area (TPSA) is 36.0 Å². The molecule has 0 saturated carbocycles. The summed E-state index contributed by atoms with van der Waals surface area (Å²) in [7, 11) is 1.62. The molecule has 0 N–H and O–H groups in total. The summed E-state index contributed by atoms with van der Waals surface area (Å²) in [6, 6.07) is 16.2. The van der Waals surface area contributed by atoms with Gasteiger partial charge in [-0.15, -0.1) is 0 Å². The monoisotopic (exact) mass is 559 g/mol. The Morgan fingerprint density at radius 2 is 1.57 bits per heavy atom. The number of alkyl halides is 3. The minimum absolute atomic E-state index is 0.0718. The minimum Gasteiger partial charge on any atom is -0.497 e. The number of hydrogen-bond donors (Lipinski definition) is 0. The number of anilines is 1. The third-order valence-electron chi connectivity index (χ3n) is 7.83. The number of halogens is 5. The molecular formula is C30H30F5N3O2. The molecular weight excluding hydrogens is 529 g/mol. The van der Waals surface area contributed by atoms with Gasteiger partial charge in [0.15, 0.2) is 0 Å². The lowest BCUT2D eigenvalue weighted by Crippen LogP contribution is -2.48. The predicted molar refractivity (Wildman–Crippen MR) is 142 cm³/mol. The molecule has 0 unspecified atom stereocenters. The quantitative estimate of drug-likeness (QED) is 0.365. The number of nitrogens with zero attached hydrogens (tertiary/aromatic N) is 3. The number of ether oxygens (including phenoxy) is 1. The number of methoxy groups -OCH3 is 1. The molecule has 0 bridgehead atoms. The van der Waals surface area contributed by atoms with Crippen LogP contribution >= 0.6 is 0 Å². The van der Waals surface area contributed by atoms with E-state index in [2.05, 4.69) is 9.80 Å². The molecule has 0 aromatic heterocycles. The summed E-state index contributed by atoms with van der Waals surface area (Å²) in [6.45, 7) is 3.73. The molecule has 2 fully saturated rings. The highest BCUT2D eigenvalue weighted by Gasteiger charge is 2.40. The first kappa shape index (κ1) is 27.9. The second-order valence-electron chi connectivity index (χ2n) is 10.3. The molecule has 0 spiro atoms. The van der Waals surface area contributed by atoms with E-state index in [-0.39, 0.29) is 19.0 Å². The van der Waals surface area contributed by atoms with E-state index in [1.807, 2.05) is 24.3 Å². The van der Waals surface area contributed by atoms with Crippen LogP contribution in [0.1, 0.15) is 27.4 Å². The van der Waals surface area contributed by atoms with Crippen molar-refractivity contribution >= 4 is 11.6 Å². The fourth-order valence-corrected chi connectivity index (χ4v) is 5.73. The van der Waals surface area contributed by atoms with Gasteiger partial charge in [-0.1, -0.05) is 30.3 Å². The molecule has 2 heterocycles. The maximum absolute atomic E-state index is 14.4. The highest BCUT2D eigenvalue weighted by Crippen LogP contribution is 2.38. The van der Waals surface area contributed by atoms with Crippen molar-refractivity contribution < 1.29 is 31.5 Å². The molecule has 0 aliphatic carbocycles. The molecule has 212 valence electrons. The lowest BCUT2D eigenvalue weighted by molar-refractivity contribution is -0.137. The van der Waals surface area contributed by atoms with E-state index in [0.29, 0.717) is 12.1 Å². The van der Waals surface area contributed by atoms with Crippen molar-refractivity contribution in [2.75, 3.05) is 57.8 Å². The van der Waals surface area contributed by atoms with E-state index in [0.717, 1.165) is 61.9 Å². The standard InChI is InChI=1S/C30H30F5N3O2/c1-40-24-8-3-7-23(16-24)37-13-11-36(12-14-37)17-21-18-38(29(39)28-26(31)9-4-10-27(28)32)19-25(21)20-5-2-6-22(15-20)30(33,34)35/h2-10,15-16,21,25H,11-14,17-19H2,1H3/t21-,25-/m1/s1. The second-order valence-corrected chi connectivity index (χ2v) is 10.3. The summed E-state index contributed by atoms with van der Waals surface area (Å²) in [5.74, 6) is -2.58. The molecule has 1 amide bonds. The number of piperazine rings is 1. The largest absolute Gasteiger partial charge is 0.497 e. The van der Waals surface area contributed by atoms with Crippen molar-refractivity contribution in [1.82, 2.24) is 9.80 Å². The Bertz CT molecular complexity index is 1340. The molecule has 2 saturated heterocycles. The molecule has 0 radical (unpaired) electrons. The number of rotatable bonds is 6. The molecule has 5 nitrogen and oxygen atoms in total. The van der Waals surface area contributed by atoms with Gasteiger partial charge in [-0.25, -0.2) is 8.78 Å². The fraction of sp³-hybridized carbons (Fsp3) is 0.367. The SMILES string of the molecule is COc1cccc(N2CCN(C[C@@H]3CN(C(=O)c4c(F)cccc4F)C[C@@H]3c3cccc(C(F)(F)F)c3)CC2)c1. The van der Waals surface area contributed by atoms with Crippen molar-refractivity contribution in [3.8, 4) is 5.75 Å².